The summed E-state index contributed by atoms with van der Waals surface area (Å²) >= 11 is 0. The van der Waals surface area contributed by atoms with Gasteiger partial charge in [0.05, 0.1) is 18.8 Å². The van der Waals surface area contributed by atoms with E-state index < -0.39 is 11.8 Å². The smallest absolute Gasteiger partial charge is 0.343 e. The Labute approximate surface area is 179 Å². The van der Waals surface area contributed by atoms with Crippen LogP contribution in [0.25, 0.3) is 0 Å². The third-order valence-corrected chi connectivity index (χ3v) is 4.73. The predicted octanol–water partition coefficient (Wildman–Crippen LogP) is 6.96. The number of halogens is 1. The number of carbonyl (C=O) groups is 1. The average molecular weight is 417 g/mol. The van der Waals surface area contributed by atoms with E-state index in [1.54, 1.807) is 30.3 Å². The van der Waals surface area contributed by atoms with Crippen LogP contribution < -0.4 is 14.2 Å². The molecule has 0 aliphatic carbocycles. The Kier molecular flexibility index (Phi) is 10.8. The van der Waals surface area contributed by atoms with Gasteiger partial charge in [0.2, 0.25) is 0 Å². The quantitative estimate of drug-likeness (QED) is 0.190. The molecule has 30 heavy (non-hydrogen) atoms. The van der Waals surface area contributed by atoms with E-state index in [0.717, 1.165) is 25.7 Å². The van der Waals surface area contributed by atoms with Crippen molar-refractivity contribution in [2.24, 2.45) is 0 Å². The summed E-state index contributed by atoms with van der Waals surface area (Å²) in [6, 6.07) is 10.9. The van der Waals surface area contributed by atoms with Gasteiger partial charge in [-0.25, -0.2) is 9.18 Å². The lowest BCUT2D eigenvalue weighted by Crippen LogP contribution is -2.09. The largest absolute Gasteiger partial charge is 0.494 e. The minimum absolute atomic E-state index is 0.146. The molecule has 0 unspecified atom stereocenters. The van der Waals surface area contributed by atoms with E-state index >= 15 is 0 Å². The van der Waals surface area contributed by atoms with E-state index in [9.17, 15) is 9.18 Å². The highest BCUT2D eigenvalue weighted by molar-refractivity contribution is 5.91. The molecule has 0 heterocycles. The zero-order valence-electron chi connectivity index (χ0n) is 18.1. The van der Waals surface area contributed by atoms with Gasteiger partial charge in [0.25, 0.3) is 0 Å². The third-order valence-electron chi connectivity index (χ3n) is 4.73. The van der Waals surface area contributed by atoms with Crippen LogP contribution in [0.3, 0.4) is 0 Å². The number of carbonyl (C=O) groups excluding carboxylic acids is 1. The topological polar surface area (TPSA) is 44.8 Å². The number of rotatable bonds is 14. The second-order valence-electron chi connectivity index (χ2n) is 7.32. The van der Waals surface area contributed by atoms with E-state index in [2.05, 4.69) is 13.8 Å². The van der Waals surface area contributed by atoms with Gasteiger partial charge in [0, 0.05) is 6.07 Å². The molecule has 0 amide bonds. The van der Waals surface area contributed by atoms with Gasteiger partial charge in [-0.3, -0.25) is 0 Å². The average Bonchev–Trinajstić information content (AvgIpc) is 2.75. The summed E-state index contributed by atoms with van der Waals surface area (Å²) in [6.07, 6.45) is 8.92. The number of benzene rings is 2. The van der Waals surface area contributed by atoms with Crippen LogP contribution in [-0.2, 0) is 0 Å². The van der Waals surface area contributed by atoms with E-state index in [1.807, 2.05) is 0 Å². The summed E-state index contributed by atoms with van der Waals surface area (Å²) in [7, 11) is 0. The molecular formula is C25H33FO4. The van der Waals surface area contributed by atoms with Gasteiger partial charge in [-0.2, -0.15) is 0 Å². The van der Waals surface area contributed by atoms with E-state index in [4.69, 9.17) is 14.2 Å². The van der Waals surface area contributed by atoms with Crippen molar-refractivity contribution >= 4 is 5.97 Å². The fourth-order valence-electron chi connectivity index (χ4n) is 2.91. The molecule has 0 atom stereocenters. The summed E-state index contributed by atoms with van der Waals surface area (Å²) in [5, 5.41) is 0. The maximum absolute atomic E-state index is 14.2. The molecule has 2 aromatic rings. The molecule has 0 bridgehead atoms. The molecule has 0 radical (unpaired) electrons. The van der Waals surface area contributed by atoms with Crippen LogP contribution >= 0.6 is 0 Å². The number of hydrogen-bond donors (Lipinski definition) is 0. The Bertz CT molecular complexity index is 758. The molecule has 2 aromatic carbocycles. The molecule has 0 fully saturated rings. The maximum Gasteiger partial charge on any atom is 0.343 e. The standard InChI is InChI=1S/C25H33FO4/c1-3-5-7-8-9-10-18-29-24-16-15-22(19-23(24)26)30-25(27)20-11-13-21(14-12-20)28-17-6-4-2/h11-16,19H,3-10,17-18H2,1-2H3. The first-order chi connectivity index (χ1) is 14.6. The second kappa shape index (κ2) is 13.6. The van der Waals surface area contributed by atoms with Gasteiger partial charge in [-0.1, -0.05) is 52.4 Å². The van der Waals surface area contributed by atoms with Gasteiger partial charge in [0.1, 0.15) is 11.5 Å². The molecule has 0 aromatic heterocycles. The zero-order valence-corrected chi connectivity index (χ0v) is 18.1. The van der Waals surface area contributed by atoms with Gasteiger partial charge >= 0.3 is 5.97 Å². The van der Waals surface area contributed by atoms with Crippen LogP contribution in [0, 0.1) is 5.82 Å². The highest BCUT2D eigenvalue weighted by Gasteiger charge is 2.12. The van der Waals surface area contributed by atoms with Crippen molar-refractivity contribution in [2.45, 2.75) is 65.2 Å². The molecule has 4 nitrogen and oxygen atoms in total. The van der Waals surface area contributed by atoms with E-state index in [0.29, 0.717) is 24.5 Å². The summed E-state index contributed by atoms with van der Waals surface area (Å²) in [5.41, 5.74) is 0.377. The first-order valence-corrected chi connectivity index (χ1v) is 11.0. The number of hydrogen-bond acceptors (Lipinski definition) is 4. The molecule has 5 heteroatoms. The molecule has 0 aliphatic heterocycles. The first-order valence-electron chi connectivity index (χ1n) is 11.0. The van der Waals surface area contributed by atoms with Crippen LogP contribution in [0.15, 0.2) is 42.5 Å². The Morgan fingerprint density at radius 1 is 0.767 bits per heavy atom. The summed E-state index contributed by atoms with van der Waals surface area (Å²) in [4.78, 5) is 12.3. The molecule has 2 rings (SSSR count). The fraction of sp³-hybridized carbons (Fsp3) is 0.480. The first kappa shape index (κ1) is 23.7. The SMILES string of the molecule is CCCCCCCCOc1ccc(OC(=O)c2ccc(OCCCC)cc2)cc1F. The van der Waals surface area contributed by atoms with Crippen LogP contribution in [0.4, 0.5) is 4.39 Å². The third kappa shape index (κ3) is 8.44. The molecule has 0 spiro atoms. The minimum atomic E-state index is -0.546. The number of ether oxygens (including phenoxy) is 3. The number of esters is 1. The van der Waals surface area contributed by atoms with Crippen LogP contribution in [-0.4, -0.2) is 19.2 Å². The van der Waals surface area contributed by atoms with Crippen LogP contribution in [0.2, 0.25) is 0 Å². The Morgan fingerprint density at radius 3 is 2.10 bits per heavy atom. The zero-order chi connectivity index (χ0) is 21.6. The fourth-order valence-corrected chi connectivity index (χ4v) is 2.91. The maximum atomic E-state index is 14.2. The van der Waals surface area contributed by atoms with Crippen molar-refractivity contribution < 1.29 is 23.4 Å². The van der Waals surface area contributed by atoms with Crippen molar-refractivity contribution in [1.29, 1.82) is 0 Å². The molecule has 164 valence electrons. The Hall–Kier alpha value is -2.56. The summed E-state index contributed by atoms with van der Waals surface area (Å²) in [6.45, 7) is 5.41. The van der Waals surface area contributed by atoms with Crippen molar-refractivity contribution in [3.63, 3.8) is 0 Å². The predicted molar refractivity (Wildman–Crippen MR) is 117 cm³/mol. The lowest BCUT2D eigenvalue weighted by molar-refractivity contribution is 0.0734. The summed E-state index contributed by atoms with van der Waals surface area (Å²) < 4.78 is 30.6. The van der Waals surface area contributed by atoms with Crippen molar-refractivity contribution in [3.05, 3.63) is 53.8 Å². The van der Waals surface area contributed by atoms with Crippen molar-refractivity contribution in [2.75, 3.05) is 13.2 Å². The molecule has 0 aliphatic rings. The molecule has 0 N–H and O–H groups in total. The molecule has 0 saturated carbocycles. The van der Waals surface area contributed by atoms with Gasteiger partial charge < -0.3 is 14.2 Å². The highest BCUT2D eigenvalue weighted by atomic mass is 19.1. The van der Waals surface area contributed by atoms with Crippen LogP contribution in [0.1, 0.15) is 75.6 Å². The lowest BCUT2D eigenvalue weighted by Gasteiger charge is -2.10. The normalized spacial score (nSPS) is 10.6. The Morgan fingerprint density at radius 2 is 1.40 bits per heavy atom. The molecular weight excluding hydrogens is 383 g/mol. The van der Waals surface area contributed by atoms with Gasteiger partial charge in [-0.15, -0.1) is 0 Å². The van der Waals surface area contributed by atoms with E-state index in [1.165, 1.54) is 37.8 Å². The Balaban J connectivity index is 1.79. The number of unbranched alkanes of at least 4 members (excludes halogenated alkanes) is 6. The summed E-state index contributed by atoms with van der Waals surface area (Å²) in [5.74, 6) is -0.0521. The van der Waals surface area contributed by atoms with Crippen LogP contribution in [0.5, 0.6) is 17.2 Å². The highest BCUT2D eigenvalue weighted by Crippen LogP contribution is 2.24. The van der Waals surface area contributed by atoms with Gasteiger partial charge in [0.15, 0.2) is 11.6 Å². The monoisotopic (exact) mass is 416 g/mol. The van der Waals surface area contributed by atoms with E-state index in [-0.39, 0.29) is 11.5 Å². The van der Waals surface area contributed by atoms with Crippen molar-refractivity contribution in [3.8, 4) is 17.2 Å². The minimum Gasteiger partial charge on any atom is -0.494 e. The second-order valence-corrected chi connectivity index (χ2v) is 7.32. The van der Waals surface area contributed by atoms with Crippen molar-refractivity contribution in [1.82, 2.24) is 0 Å². The van der Waals surface area contributed by atoms with Gasteiger partial charge in [-0.05, 0) is 49.2 Å². The molecule has 0 saturated heterocycles. The lowest BCUT2D eigenvalue weighted by atomic mass is 10.1.